The molecule has 20 heavy (non-hydrogen) atoms. The Morgan fingerprint density at radius 1 is 1.55 bits per heavy atom. The highest BCUT2D eigenvalue weighted by molar-refractivity contribution is 6.30. The fourth-order valence-electron chi connectivity index (χ4n) is 1.76. The number of halogens is 1. The molecule has 0 spiro atoms. The Kier molecular flexibility index (Phi) is 7.12. The fraction of sp³-hybridized carbons (Fsp3) is 0.400. The Labute approximate surface area is 124 Å². The Morgan fingerprint density at radius 3 is 2.95 bits per heavy atom. The quantitative estimate of drug-likeness (QED) is 0.761. The summed E-state index contributed by atoms with van der Waals surface area (Å²) in [6, 6.07) is 5.25. The van der Waals surface area contributed by atoms with Gasteiger partial charge in [0.05, 0.1) is 7.11 Å². The fourth-order valence-corrected chi connectivity index (χ4v) is 1.94. The number of methoxy groups -OCH3 is 1. The van der Waals surface area contributed by atoms with Crippen LogP contribution in [-0.2, 0) is 4.79 Å². The highest BCUT2D eigenvalue weighted by atomic mass is 35.5. The molecule has 2 N–H and O–H groups in total. The highest BCUT2D eigenvalue weighted by Crippen LogP contribution is 2.23. The molecule has 1 rings (SSSR count). The van der Waals surface area contributed by atoms with Crippen LogP contribution in [0.5, 0.6) is 5.75 Å². The van der Waals surface area contributed by atoms with Gasteiger partial charge in [0.2, 0.25) is 5.91 Å². The third-order valence-corrected chi connectivity index (χ3v) is 3.03. The van der Waals surface area contributed by atoms with Gasteiger partial charge in [-0.2, -0.15) is 0 Å². The number of benzene rings is 1. The Morgan fingerprint density at radius 2 is 2.30 bits per heavy atom. The summed E-state index contributed by atoms with van der Waals surface area (Å²) in [5, 5.41) is 12.1. The summed E-state index contributed by atoms with van der Waals surface area (Å²) in [6.45, 7) is 2.04. The molecule has 1 aromatic rings. The molecule has 0 fully saturated rings. The minimum absolute atomic E-state index is 0.0283. The molecule has 0 aliphatic carbocycles. The lowest BCUT2D eigenvalue weighted by Gasteiger charge is -2.11. The highest BCUT2D eigenvalue weighted by Gasteiger charge is 2.05. The van der Waals surface area contributed by atoms with Gasteiger partial charge in [-0.15, -0.1) is 0 Å². The average Bonchev–Trinajstić information content (AvgIpc) is 2.43. The molecule has 1 amide bonds. The summed E-state index contributed by atoms with van der Waals surface area (Å²) in [5.74, 6) is 0.476. The standard InChI is InChI=1S/C15H20ClNO3/c1-11(4-3-9-18)17-15(19)8-5-12-10-13(16)6-7-14(12)20-2/h5-8,10-11,18H,3-4,9H2,1-2H3,(H,17,19)/b8-5+. The van der Waals surface area contributed by atoms with E-state index in [1.54, 1.807) is 31.4 Å². The van der Waals surface area contributed by atoms with E-state index in [1.165, 1.54) is 6.08 Å². The van der Waals surface area contributed by atoms with Crippen LogP contribution in [0.4, 0.5) is 0 Å². The van der Waals surface area contributed by atoms with Gasteiger partial charge in [-0.1, -0.05) is 11.6 Å². The minimum Gasteiger partial charge on any atom is -0.496 e. The number of nitrogens with one attached hydrogen (secondary N) is 1. The lowest BCUT2D eigenvalue weighted by atomic mass is 10.1. The van der Waals surface area contributed by atoms with Gasteiger partial charge < -0.3 is 15.2 Å². The van der Waals surface area contributed by atoms with Gasteiger partial charge in [-0.3, -0.25) is 4.79 Å². The molecule has 0 saturated carbocycles. The smallest absolute Gasteiger partial charge is 0.244 e. The van der Waals surface area contributed by atoms with Crippen molar-refractivity contribution in [2.24, 2.45) is 0 Å². The summed E-state index contributed by atoms with van der Waals surface area (Å²) >= 11 is 5.92. The van der Waals surface area contributed by atoms with Crippen molar-refractivity contribution in [3.8, 4) is 5.75 Å². The second kappa shape index (κ2) is 8.61. The van der Waals surface area contributed by atoms with Crippen LogP contribution in [0.15, 0.2) is 24.3 Å². The zero-order valence-electron chi connectivity index (χ0n) is 11.7. The number of rotatable bonds is 7. The summed E-state index contributed by atoms with van der Waals surface area (Å²) in [6.07, 6.45) is 4.53. The molecule has 0 aliphatic rings. The van der Waals surface area contributed by atoms with Gasteiger partial charge >= 0.3 is 0 Å². The number of aliphatic hydroxyl groups is 1. The number of amides is 1. The van der Waals surface area contributed by atoms with Crippen LogP contribution < -0.4 is 10.1 Å². The zero-order valence-corrected chi connectivity index (χ0v) is 12.5. The number of carbonyl (C=O) groups is 1. The first kappa shape index (κ1) is 16.5. The first-order valence-electron chi connectivity index (χ1n) is 6.49. The van der Waals surface area contributed by atoms with Crippen LogP contribution >= 0.6 is 11.6 Å². The summed E-state index contributed by atoms with van der Waals surface area (Å²) in [5.41, 5.74) is 0.748. The maximum absolute atomic E-state index is 11.7. The summed E-state index contributed by atoms with van der Waals surface area (Å²) in [7, 11) is 1.57. The second-order valence-electron chi connectivity index (χ2n) is 4.50. The lowest BCUT2D eigenvalue weighted by molar-refractivity contribution is -0.117. The predicted octanol–water partition coefficient (Wildman–Crippen LogP) is 2.64. The molecule has 0 saturated heterocycles. The largest absolute Gasteiger partial charge is 0.496 e. The minimum atomic E-state index is -0.183. The van der Waals surface area contributed by atoms with Crippen molar-refractivity contribution >= 4 is 23.6 Å². The van der Waals surface area contributed by atoms with Crippen molar-refractivity contribution in [1.29, 1.82) is 0 Å². The van der Waals surface area contributed by atoms with Crippen LogP contribution in [-0.4, -0.2) is 30.8 Å². The van der Waals surface area contributed by atoms with Crippen molar-refractivity contribution in [2.75, 3.05) is 13.7 Å². The van der Waals surface area contributed by atoms with E-state index in [1.807, 2.05) is 6.92 Å². The van der Waals surface area contributed by atoms with E-state index in [0.717, 1.165) is 12.0 Å². The van der Waals surface area contributed by atoms with Gasteiger partial charge in [0, 0.05) is 29.3 Å². The molecule has 1 atom stereocenters. The molecule has 4 nitrogen and oxygen atoms in total. The SMILES string of the molecule is COc1ccc(Cl)cc1/C=C/C(=O)NC(C)CCCO. The Bertz CT molecular complexity index is 474. The monoisotopic (exact) mass is 297 g/mol. The normalized spacial score (nSPS) is 12.4. The molecule has 0 bridgehead atoms. The summed E-state index contributed by atoms with van der Waals surface area (Å²) < 4.78 is 5.20. The van der Waals surface area contributed by atoms with E-state index in [0.29, 0.717) is 17.2 Å². The molecule has 5 heteroatoms. The van der Waals surface area contributed by atoms with Crippen LogP contribution in [0.2, 0.25) is 5.02 Å². The molecular formula is C15H20ClNO3. The number of hydrogen-bond donors (Lipinski definition) is 2. The van der Waals surface area contributed by atoms with E-state index in [2.05, 4.69) is 5.32 Å². The molecule has 0 radical (unpaired) electrons. The number of ether oxygens (including phenoxy) is 1. The Hall–Kier alpha value is -1.52. The van der Waals surface area contributed by atoms with Crippen LogP contribution in [0.25, 0.3) is 6.08 Å². The molecule has 1 unspecified atom stereocenters. The van der Waals surface area contributed by atoms with Crippen molar-refractivity contribution in [1.82, 2.24) is 5.32 Å². The van der Waals surface area contributed by atoms with E-state index >= 15 is 0 Å². The number of hydrogen-bond acceptors (Lipinski definition) is 3. The molecule has 0 heterocycles. The summed E-state index contributed by atoms with van der Waals surface area (Å²) in [4.78, 5) is 11.7. The zero-order chi connectivity index (χ0) is 15.0. The van der Waals surface area contributed by atoms with E-state index in [4.69, 9.17) is 21.4 Å². The third-order valence-electron chi connectivity index (χ3n) is 2.79. The van der Waals surface area contributed by atoms with Crippen molar-refractivity contribution in [2.45, 2.75) is 25.8 Å². The van der Waals surface area contributed by atoms with Crippen molar-refractivity contribution in [3.05, 3.63) is 34.9 Å². The molecule has 1 aromatic carbocycles. The first-order valence-corrected chi connectivity index (χ1v) is 6.87. The van der Waals surface area contributed by atoms with Gasteiger partial charge in [0.25, 0.3) is 0 Å². The van der Waals surface area contributed by atoms with E-state index < -0.39 is 0 Å². The van der Waals surface area contributed by atoms with Crippen LogP contribution in [0.1, 0.15) is 25.3 Å². The van der Waals surface area contributed by atoms with Gasteiger partial charge in [0.15, 0.2) is 0 Å². The third kappa shape index (κ3) is 5.63. The maximum atomic E-state index is 11.7. The van der Waals surface area contributed by atoms with Crippen molar-refractivity contribution < 1.29 is 14.6 Å². The topological polar surface area (TPSA) is 58.6 Å². The van der Waals surface area contributed by atoms with Crippen LogP contribution in [0.3, 0.4) is 0 Å². The molecule has 0 aromatic heterocycles. The van der Waals surface area contributed by atoms with Crippen LogP contribution in [0, 0.1) is 0 Å². The second-order valence-corrected chi connectivity index (χ2v) is 4.93. The molecular weight excluding hydrogens is 278 g/mol. The predicted molar refractivity (Wildman–Crippen MR) is 81.0 cm³/mol. The Balaban J connectivity index is 2.63. The maximum Gasteiger partial charge on any atom is 0.244 e. The lowest BCUT2D eigenvalue weighted by Crippen LogP contribution is -2.31. The van der Waals surface area contributed by atoms with Gasteiger partial charge in [0.1, 0.15) is 5.75 Å². The number of aliphatic hydroxyl groups excluding tert-OH is 1. The molecule has 0 aliphatic heterocycles. The van der Waals surface area contributed by atoms with E-state index in [9.17, 15) is 4.79 Å². The van der Waals surface area contributed by atoms with Gasteiger partial charge in [-0.25, -0.2) is 0 Å². The first-order chi connectivity index (χ1) is 9.56. The average molecular weight is 298 g/mol. The van der Waals surface area contributed by atoms with E-state index in [-0.39, 0.29) is 18.6 Å². The number of carbonyl (C=O) groups excluding carboxylic acids is 1. The van der Waals surface area contributed by atoms with Crippen molar-refractivity contribution in [3.63, 3.8) is 0 Å². The molecule has 110 valence electrons. The van der Waals surface area contributed by atoms with Gasteiger partial charge in [-0.05, 0) is 44.0 Å².